The molecule has 7 heteroatoms. The van der Waals surface area contributed by atoms with E-state index >= 15 is 0 Å². The number of aliphatic hydroxyl groups excluding tert-OH is 1. The smallest absolute Gasteiger partial charge is 0.220 e. The molecule has 2 unspecified atom stereocenters. The van der Waals surface area contributed by atoms with E-state index in [0.717, 1.165) is 6.42 Å². The molecule has 0 bridgehead atoms. The summed E-state index contributed by atoms with van der Waals surface area (Å²) in [6.45, 7) is 1.16. The van der Waals surface area contributed by atoms with Gasteiger partial charge in [-0.3, -0.25) is 4.79 Å². The Balaban J connectivity index is 1.68. The second-order valence-electron chi connectivity index (χ2n) is 4.99. The van der Waals surface area contributed by atoms with Crippen LogP contribution in [0, 0.1) is 0 Å². The Hall–Kier alpha value is -1.01. The van der Waals surface area contributed by atoms with Gasteiger partial charge in [0.05, 0.1) is 10.0 Å². The first kappa shape index (κ1) is 16.4. The van der Waals surface area contributed by atoms with Gasteiger partial charge in [0.15, 0.2) is 0 Å². The molecule has 0 spiro atoms. The van der Waals surface area contributed by atoms with Crippen LogP contribution in [0.2, 0.25) is 10.0 Å². The number of carbonyl (C=O) groups is 1. The van der Waals surface area contributed by atoms with Crippen molar-refractivity contribution in [2.75, 3.05) is 19.7 Å². The Morgan fingerprint density at radius 3 is 2.90 bits per heavy atom. The molecule has 0 saturated carbocycles. The van der Waals surface area contributed by atoms with Crippen LogP contribution >= 0.6 is 23.2 Å². The maximum atomic E-state index is 11.0. The zero-order valence-electron chi connectivity index (χ0n) is 11.4. The number of benzene rings is 1. The summed E-state index contributed by atoms with van der Waals surface area (Å²) < 4.78 is 5.46. The van der Waals surface area contributed by atoms with E-state index in [4.69, 9.17) is 27.9 Å². The number of nitrogens with one attached hydrogen (secondary N) is 2. The molecule has 1 aliphatic heterocycles. The van der Waals surface area contributed by atoms with Crippen LogP contribution in [-0.2, 0) is 4.79 Å². The lowest BCUT2D eigenvalue weighted by Crippen LogP contribution is -2.48. The molecule has 1 heterocycles. The second-order valence-corrected chi connectivity index (χ2v) is 5.80. The molecule has 5 nitrogen and oxygen atoms in total. The zero-order valence-corrected chi connectivity index (χ0v) is 13.0. The largest absolute Gasteiger partial charge is 0.491 e. The van der Waals surface area contributed by atoms with Gasteiger partial charge in [-0.05, 0) is 18.6 Å². The standard InChI is InChI=1S/C14H18Cl2N2O3/c15-12-3-2-11(5-13(12)16)21-8-10(19)7-17-9-1-4-14(20)18-6-9/h2-3,5,9-10,17,19H,1,4,6-8H2,(H,18,20). The third-order valence-electron chi connectivity index (χ3n) is 3.24. The summed E-state index contributed by atoms with van der Waals surface area (Å²) >= 11 is 11.7. The first-order valence-corrected chi connectivity index (χ1v) is 7.56. The van der Waals surface area contributed by atoms with E-state index in [1.165, 1.54) is 0 Å². The molecule has 1 aromatic carbocycles. The number of hydrogen-bond acceptors (Lipinski definition) is 4. The highest BCUT2D eigenvalue weighted by molar-refractivity contribution is 6.42. The Bertz CT molecular complexity index is 489. The number of amides is 1. The average Bonchev–Trinajstić information content (AvgIpc) is 2.48. The normalized spacial score (nSPS) is 20.0. The van der Waals surface area contributed by atoms with E-state index < -0.39 is 6.10 Å². The molecule has 0 aliphatic carbocycles. The maximum absolute atomic E-state index is 11.0. The molecule has 1 aromatic rings. The van der Waals surface area contributed by atoms with Crippen LogP contribution in [-0.4, -0.2) is 42.9 Å². The lowest BCUT2D eigenvalue weighted by molar-refractivity contribution is -0.122. The quantitative estimate of drug-likeness (QED) is 0.740. The minimum atomic E-state index is -0.642. The van der Waals surface area contributed by atoms with Crippen molar-refractivity contribution in [1.82, 2.24) is 10.6 Å². The molecule has 3 N–H and O–H groups in total. The van der Waals surface area contributed by atoms with Gasteiger partial charge in [0, 0.05) is 31.6 Å². The Morgan fingerprint density at radius 1 is 1.43 bits per heavy atom. The molecular formula is C14H18Cl2N2O3. The molecule has 0 radical (unpaired) electrons. The van der Waals surface area contributed by atoms with Crippen LogP contribution in [0.3, 0.4) is 0 Å². The van der Waals surface area contributed by atoms with Gasteiger partial charge in [-0.25, -0.2) is 0 Å². The van der Waals surface area contributed by atoms with Crippen LogP contribution in [0.4, 0.5) is 0 Å². The number of aliphatic hydroxyl groups is 1. The van der Waals surface area contributed by atoms with Gasteiger partial charge in [0.1, 0.15) is 18.5 Å². The van der Waals surface area contributed by atoms with E-state index in [-0.39, 0.29) is 18.6 Å². The number of hydrogen-bond donors (Lipinski definition) is 3. The minimum Gasteiger partial charge on any atom is -0.491 e. The number of carbonyl (C=O) groups excluding carboxylic acids is 1. The highest BCUT2D eigenvalue weighted by Crippen LogP contribution is 2.26. The van der Waals surface area contributed by atoms with E-state index in [1.807, 2.05) is 0 Å². The van der Waals surface area contributed by atoms with Gasteiger partial charge >= 0.3 is 0 Å². The van der Waals surface area contributed by atoms with E-state index in [9.17, 15) is 9.90 Å². The van der Waals surface area contributed by atoms with Gasteiger partial charge in [-0.2, -0.15) is 0 Å². The molecule has 1 amide bonds. The molecule has 1 fully saturated rings. The fourth-order valence-electron chi connectivity index (χ4n) is 2.03. The number of piperidine rings is 1. The van der Waals surface area contributed by atoms with Crippen molar-refractivity contribution >= 4 is 29.1 Å². The van der Waals surface area contributed by atoms with E-state index in [1.54, 1.807) is 18.2 Å². The van der Waals surface area contributed by atoms with Gasteiger partial charge in [-0.1, -0.05) is 23.2 Å². The Morgan fingerprint density at radius 2 is 2.24 bits per heavy atom. The van der Waals surface area contributed by atoms with Crippen LogP contribution in [0.25, 0.3) is 0 Å². The molecule has 2 rings (SSSR count). The lowest BCUT2D eigenvalue weighted by atomic mass is 10.1. The summed E-state index contributed by atoms with van der Waals surface area (Å²) in [4.78, 5) is 11.0. The molecule has 2 atom stereocenters. The van der Waals surface area contributed by atoms with Crippen molar-refractivity contribution < 1.29 is 14.6 Å². The average molecular weight is 333 g/mol. The number of halogens is 2. The van der Waals surface area contributed by atoms with Crippen LogP contribution < -0.4 is 15.4 Å². The Labute approximate surface area is 133 Å². The van der Waals surface area contributed by atoms with Crippen LogP contribution in [0.1, 0.15) is 12.8 Å². The summed E-state index contributed by atoms with van der Waals surface area (Å²) in [5, 5.41) is 16.8. The van der Waals surface area contributed by atoms with Crippen molar-refractivity contribution in [3.8, 4) is 5.75 Å². The summed E-state index contributed by atoms with van der Waals surface area (Å²) in [6, 6.07) is 5.16. The summed E-state index contributed by atoms with van der Waals surface area (Å²) in [5.74, 6) is 0.643. The zero-order chi connectivity index (χ0) is 15.2. The molecule has 21 heavy (non-hydrogen) atoms. The molecule has 1 saturated heterocycles. The molecule has 1 aliphatic rings. The first-order valence-electron chi connectivity index (χ1n) is 6.80. The van der Waals surface area contributed by atoms with Gasteiger partial charge < -0.3 is 20.5 Å². The fraction of sp³-hybridized carbons (Fsp3) is 0.500. The van der Waals surface area contributed by atoms with E-state index in [2.05, 4.69) is 10.6 Å². The van der Waals surface area contributed by atoms with Gasteiger partial charge in [-0.15, -0.1) is 0 Å². The maximum Gasteiger partial charge on any atom is 0.220 e. The third kappa shape index (κ3) is 5.36. The summed E-state index contributed by atoms with van der Waals surface area (Å²) in [6.07, 6.45) is 0.664. The first-order chi connectivity index (χ1) is 10.0. The minimum absolute atomic E-state index is 0.0801. The van der Waals surface area contributed by atoms with Crippen molar-refractivity contribution in [1.29, 1.82) is 0 Å². The van der Waals surface area contributed by atoms with Crippen molar-refractivity contribution in [3.63, 3.8) is 0 Å². The fourth-order valence-corrected chi connectivity index (χ4v) is 2.32. The van der Waals surface area contributed by atoms with Gasteiger partial charge in [0.2, 0.25) is 5.91 Å². The topological polar surface area (TPSA) is 70.6 Å². The van der Waals surface area contributed by atoms with Crippen molar-refractivity contribution in [2.45, 2.75) is 25.0 Å². The second kappa shape index (κ2) is 7.84. The highest BCUT2D eigenvalue weighted by Gasteiger charge is 2.18. The highest BCUT2D eigenvalue weighted by atomic mass is 35.5. The molecule has 0 aromatic heterocycles. The van der Waals surface area contributed by atoms with Gasteiger partial charge in [0.25, 0.3) is 0 Å². The summed E-state index contributed by atoms with van der Waals surface area (Å²) in [7, 11) is 0. The third-order valence-corrected chi connectivity index (χ3v) is 3.98. The van der Waals surface area contributed by atoms with Crippen molar-refractivity contribution in [2.24, 2.45) is 0 Å². The monoisotopic (exact) mass is 332 g/mol. The Kier molecular flexibility index (Phi) is 6.11. The number of rotatable bonds is 6. The van der Waals surface area contributed by atoms with E-state index in [0.29, 0.717) is 35.3 Å². The SMILES string of the molecule is O=C1CCC(NCC(O)COc2ccc(Cl)c(Cl)c2)CN1. The van der Waals surface area contributed by atoms with Crippen LogP contribution in [0.15, 0.2) is 18.2 Å². The number of ether oxygens (including phenoxy) is 1. The summed E-state index contributed by atoms with van der Waals surface area (Å²) in [5.41, 5.74) is 0. The van der Waals surface area contributed by atoms with Crippen molar-refractivity contribution in [3.05, 3.63) is 28.2 Å². The lowest BCUT2D eigenvalue weighted by Gasteiger charge is -2.24. The molecular weight excluding hydrogens is 315 g/mol. The molecule has 116 valence electrons. The predicted molar refractivity (Wildman–Crippen MR) is 82.0 cm³/mol. The van der Waals surface area contributed by atoms with Crippen LogP contribution in [0.5, 0.6) is 5.75 Å². The predicted octanol–water partition coefficient (Wildman–Crippen LogP) is 1.60.